The molecule has 0 aromatic heterocycles. The van der Waals surface area contributed by atoms with Crippen molar-refractivity contribution in [1.29, 1.82) is 0 Å². The number of fused-ring (bicyclic) bond motifs is 4. The highest BCUT2D eigenvalue weighted by Gasteiger charge is 2.33. The first-order valence-corrected chi connectivity index (χ1v) is 13.4. The van der Waals surface area contributed by atoms with E-state index in [2.05, 4.69) is 82.3 Å². The maximum absolute atomic E-state index is 5.83. The Kier molecular flexibility index (Phi) is 8.88. The van der Waals surface area contributed by atoms with Gasteiger partial charge in [-0.3, -0.25) is 0 Å². The van der Waals surface area contributed by atoms with E-state index < -0.39 is 0 Å². The van der Waals surface area contributed by atoms with Gasteiger partial charge in [0, 0.05) is 45.3 Å². The summed E-state index contributed by atoms with van der Waals surface area (Å²) in [7, 11) is 0. The third kappa shape index (κ3) is 7.27. The van der Waals surface area contributed by atoms with Gasteiger partial charge >= 0.3 is 0 Å². The van der Waals surface area contributed by atoms with Crippen LogP contribution in [-0.2, 0) is 9.47 Å². The number of halogens is 3. The van der Waals surface area contributed by atoms with E-state index >= 15 is 0 Å². The van der Waals surface area contributed by atoms with Crippen LogP contribution in [0.1, 0.15) is 25.7 Å². The predicted octanol–water partition coefficient (Wildman–Crippen LogP) is 6.17. The van der Waals surface area contributed by atoms with Crippen LogP contribution < -0.4 is 10.2 Å². The van der Waals surface area contributed by atoms with Crippen LogP contribution in [0.3, 0.4) is 0 Å². The summed E-state index contributed by atoms with van der Waals surface area (Å²) < 4.78 is 14.7. The van der Waals surface area contributed by atoms with Crippen molar-refractivity contribution in [1.82, 2.24) is 5.32 Å². The van der Waals surface area contributed by atoms with Crippen molar-refractivity contribution >= 4 is 53.5 Å². The lowest BCUT2D eigenvalue weighted by Crippen LogP contribution is -2.42. The molecule has 2 aromatic carbocycles. The Morgan fingerprint density at radius 2 is 1.16 bits per heavy atom. The van der Waals surface area contributed by atoms with Crippen LogP contribution in [0.5, 0.6) is 0 Å². The van der Waals surface area contributed by atoms with Crippen molar-refractivity contribution in [3.8, 4) is 0 Å². The second-order valence-electron chi connectivity index (χ2n) is 8.40. The van der Waals surface area contributed by atoms with Crippen molar-refractivity contribution in [2.75, 3.05) is 31.1 Å². The summed E-state index contributed by atoms with van der Waals surface area (Å²) in [5.74, 6) is 0. The van der Waals surface area contributed by atoms with E-state index in [-0.39, 0.29) is 0 Å². The SMILES string of the molecule is Brc1cccc(Br)c1.Brc1cccc(N2CC3CCC(C2)O3)c1.C1CC2CNCC1O2. The Morgan fingerprint density at radius 1 is 0.677 bits per heavy atom. The summed E-state index contributed by atoms with van der Waals surface area (Å²) in [6, 6.07) is 16.5. The topological polar surface area (TPSA) is 33.7 Å². The fourth-order valence-corrected chi connectivity index (χ4v) is 5.94. The Morgan fingerprint density at radius 3 is 1.65 bits per heavy atom. The lowest BCUT2D eigenvalue weighted by Gasteiger charge is -2.33. The monoisotopic (exact) mass is 614 g/mol. The molecule has 0 spiro atoms. The third-order valence-corrected chi connectivity index (χ3v) is 7.42. The van der Waals surface area contributed by atoms with Gasteiger partial charge in [0.15, 0.2) is 0 Å². The molecule has 0 aliphatic carbocycles. The van der Waals surface area contributed by atoms with Gasteiger partial charge in [0.2, 0.25) is 0 Å². The lowest BCUT2D eigenvalue weighted by molar-refractivity contribution is 0.0184. The summed E-state index contributed by atoms with van der Waals surface area (Å²) in [5, 5.41) is 3.32. The zero-order chi connectivity index (χ0) is 21.6. The van der Waals surface area contributed by atoms with E-state index in [4.69, 9.17) is 9.47 Å². The van der Waals surface area contributed by atoms with Gasteiger partial charge in [0.1, 0.15) is 0 Å². The number of nitrogens with zero attached hydrogens (tertiary/aromatic N) is 1. The predicted molar refractivity (Wildman–Crippen MR) is 137 cm³/mol. The maximum atomic E-state index is 5.83. The van der Waals surface area contributed by atoms with E-state index in [0.29, 0.717) is 24.4 Å². The molecule has 1 N–H and O–H groups in total. The molecular formula is C24H29Br3N2O2. The normalized spacial score (nSPS) is 28.3. The standard InChI is InChI=1S/C12H14BrNO.C6H4Br2.C6H11NO/c13-9-2-1-3-10(6-9)14-7-11-4-5-12(8-14)15-11;7-5-2-1-3-6(8)4-5;1-2-6-4-7-3-5(1)8-6/h1-3,6,11-12H,4-5,7-8H2;1-4H;5-7H,1-4H2. The molecule has 4 fully saturated rings. The number of rotatable bonds is 1. The molecule has 4 aliphatic rings. The van der Waals surface area contributed by atoms with Gasteiger partial charge < -0.3 is 19.7 Å². The average Bonchev–Trinajstić information content (AvgIpc) is 3.28. The van der Waals surface area contributed by atoms with Gasteiger partial charge in [-0.15, -0.1) is 0 Å². The van der Waals surface area contributed by atoms with Crippen LogP contribution in [0.25, 0.3) is 0 Å². The van der Waals surface area contributed by atoms with Crippen molar-refractivity contribution in [3.05, 3.63) is 61.9 Å². The van der Waals surface area contributed by atoms with Crippen molar-refractivity contribution in [2.45, 2.75) is 50.1 Å². The van der Waals surface area contributed by atoms with Crippen LogP contribution in [-0.4, -0.2) is 50.6 Å². The quantitative estimate of drug-likeness (QED) is 0.416. The summed E-state index contributed by atoms with van der Waals surface area (Å²) >= 11 is 10.2. The number of morpholine rings is 2. The molecule has 4 aliphatic heterocycles. The highest BCUT2D eigenvalue weighted by Crippen LogP contribution is 2.30. The zero-order valence-electron chi connectivity index (χ0n) is 17.5. The molecule has 0 saturated carbocycles. The fraction of sp³-hybridized carbons (Fsp3) is 0.500. The number of ether oxygens (including phenoxy) is 2. The molecule has 0 amide bonds. The van der Waals surface area contributed by atoms with Crippen LogP contribution in [0.15, 0.2) is 61.9 Å². The molecular weight excluding hydrogens is 588 g/mol. The Hall–Kier alpha value is -0.440. The van der Waals surface area contributed by atoms with Crippen LogP contribution in [0.4, 0.5) is 5.69 Å². The Balaban J connectivity index is 0.000000123. The minimum Gasteiger partial charge on any atom is -0.372 e. The molecule has 168 valence electrons. The molecule has 0 radical (unpaired) electrons. The molecule has 4 saturated heterocycles. The summed E-state index contributed by atoms with van der Waals surface area (Å²) in [5.41, 5.74) is 1.31. The maximum Gasteiger partial charge on any atom is 0.0755 e. The van der Waals surface area contributed by atoms with Gasteiger partial charge in [-0.1, -0.05) is 59.9 Å². The summed E-state index contributed by atoms with van der Waals surface area (Å²) in [6.45, 7) is 4.26. The molecule has 2 aromatic rings. The Bertz CT molecular complexity index is 810. The second-order valence-corrected chi connectivity index (χ2v) is 11.1. The molecule has 4 bridgehead atoms. The molecule has 7 heteroatoms. The number of hydrogen-bond acceptors (Lipinski definition) is 4. The minimum atomic E-state index is 0.461. The number of benzene rings is 2. The van der Waals surface area contributed by atoms with Crippen molar-refractivity contribution < 1.29 is 9.47 Å². The second kappa shape index (κ2) is 11.6. The molecule has 4 atom stereocenters. The molecule has 4 unspecified atom stereocenters. The summed E-state index contributed by atoms with van der Waals surface area (Å²) in [4.78, 5) is 2.44. The fourth-order valence-electron chi connectivity index (χ4n) is 4.44. The van der Waals surface area contributed by atoms with Gasteiger partial charge in [-0.25, -0.2) is 0 Å². The minimum absolute atomic E-state index is 0.461. The van der Waals surface area contributed by atoms with Crippen molar-refractivity contribution in [2.24, 2.45) is 0 Å². The third-order valence-electron chi connectivity index (χ3n) is 5.94. The zero-order valence-corrected chi connectivity index (χ0v) is 22.2. The largest absolute Gasteiger partial charge is 0.372 e. The number of nitrogens with one attached hydrogen (secondary N) is 1. The summed E-state index contributed by atoms with van der Waals surface area (Å²) in [6.07, 6.45) is 7.03. The first-order valence-electron chi connectivity index (χ1n) is 11.0. The average molecular weight is 617 g/mol. The van der Waals surface area contributed by atoms with Gasteiger partial charge in [-0.05, 0) is 62.1 Å². The van der Waals surface area contributed by atoms with Gasteiger partial charge in [0.05, 0.1) is 24.4 Å². The molecule has 6 rings (SSSR count). The van der Waals surface area contributed by atoms with E-state index in [9.17, 15) is 0 Å². The van der Waals surface area contributed by atoms with Gasteiger partial charge in [-0.2, -0.15) is 0 Å². The first kappa shape index (κ1) is 23.7. The molecule has 4 nitrogen and oxygen atoms in total. The van der Waals surface area contributed by atoms with Crippen LogP contribution >= 0.6 is 47.8 Å². The Labute approximate surface area is 210 Å². The first-order chi connectivity index (χ1) is 15.0. The van der Waals surface area contributed by atoms with Crippen LogP contribution in [0, 0.1) is 0 Å². The van der Waals surface area contributed by atoms with Crippen LogP contribution in [0.2, 0.25) is 0 Å². The number of anilines is 1. The van der Waals surface area contributed by atoms with E-state index in [0.717, 1.165) is 39.6 Å². The highest BCUT2D eigenvalue weighted by molar-refractivity contribution is 9.11. The van der Waals surface area contributed by atoms with E-state index in [1.165, 1.54) is 31.4 Å². The highest BCUT2D eigenvalue weighted by atomic mass is 79.9. The van der Waals surface area contributed by atoms with E-state index in [1.807, 2.05) is 24.3 Å². The van der Waals surface area contributed by atoms with E-state index in [1.54, 1.807) is 0 Å². The van der Waals surface area contributed by atoms with Crippen molar-refractivity contribution in [3.63, 3.8) is 0 Å². The smallest absolute Gasteiger partial charge is 0.0755 e. The van der Waals surface area contributed by atoms with Gasteiger partial charge in [0.25, 0.3) is 0 Å². The molecule has 31 heavy (non-hydrogen) atoms. The molecule has 4 heterocycles. The number of hydrogen-bond donors (Lipinski definition) is 1. The lowest BCUT2D eigenvalue weighted by atomic mass is 10.2.